The average molecular weight is 1010 g/mol. The molecule has 0 spiro atoms. The lowest BCUT2D eigenvalue weighted by Gasteiger charge is -2.51. The van der Waals surface area contributed by atoms with Crippen LogP contribution in [-0.2, 0) is 24.0 Å². The number of nitrogens with zero attached hydrogens (tertiary/aromatic N) is 8. The van der Waals surface area contributed by atoms with Crippen LogP contribution < -0.4 is 20.9 Å². The number of amides is 4. The van der Waals surface area contributed by atoms with Crippen molar-refractivity contribution < 1.29 is 28.4 Å². The zero-order valence-corrected chi connectivity index (χ0v) is 45.1. The van der Waals surface area contributed by atoms with E-state index in [0.29, 0.717) is 47.3 Å². The number of hydrogen-bond donors (Lipinski definition) is 3. The summed E-state index contributed by atoms with van der Waals surface area (Å²) in [6.45, 7) is 29.7. The molecule has 5 fully saturated rings. The molecule has 388 valence electrons. The lowest BCUT2D eigenvalue weighted by Crippen LogP contribution is -2.63. The van der Waals surface area contributed by atoms with Crippen LogP contribution in [0.2, 0.25) is 0 Å². The van der Waals surface area contributed by atoms with Crippen LogP contribution in [0, 0.1) is 12.8 Å². The number of nitrogens with one attached hydrogen (secondary N) is 3. The minimum atomic E-state index is -1.05. The van der Waals surface area contributed by atoms with Crippen molar-refractivity contribution in [2.45, 2.75) is 132 Å². The Hall–Kier alpha value is -4.91. The van der Waals surface area contributed by atoms with E-state index in [1.807, 2.05) is 58.7 Å². The van der Waals surface area contributed by atoms with Crippen LogP contribution in [0.5, 0.6) is 0 Å². The number of anilines is 2. The summed E-state index contributed by atoms with van der Waals surface area (Å²) in [5.41, 5.74) is 2.85. The number of thioether (sulfide) groups is 1. The number of rotatable bonds is 17. The second-order valence-corrected chi connectivity index (χ2v) is 18.4. The molecule has 5 saturated heterocycles. The quantitative estimate of drug-likeness (QED) is 0.0346. The Morgan fingerprint density at radius 2 is 1.60 bits per heavy atom. The second kappa shape index (κ2) is 30.1. The van der Waals surface area contributed by atoms with Crippen molar-refractivity contribution in [2.75, 3.05) is 75.5 Å². The molecule has 5 aliphatic rings. The highest BCUT2D eigenvalue weighted by Crippen LogP contribution is 2.34. The van der Waals surface area contributed by atoms with Gasteiger partial charge in [-0.1, -0.05) is 77.9 Å². The standard InChI is InChI=1S/C37H49FN10O5S.C10H18ClN.2C2H6/c1-5-29(38)31(16-28-23(2)36(52)48(37(28)53)30-6-7-34(50)43-35(30)51)47-19-26(20-47)45-14-12-44(13-15-45)25-8-10-46(11-9-25)33-17-32(41-24(3)42-33)40-22-54-27(21-49)18-39-4;1-5-7-9(11)10(12-4)8(3)6-2;2*1-2/h16-18,21,23,25-26,30H,4-15,19-20,22H2,1-3H3,(H,40,41,42)(H,43,50,51);7,12H,5-6H2,1-4H3;2*1-2H3/b27-18-,28-16+,31-29-;9-7+,10-8+;;. The third-order valence-electron chi connectivity index (χ3n) is 12.8. The van der Waals surface area contributed by atoms with Gasteiger partial charge < -0.3 is 20.4 Å². The van der Waals surface area contributed by atoms with E-state index in [2.05, 4.69) is 68.1 Å². The molecule has 16 nitrogen and oxygen atoms in total. The molecular formula is C51H79ClFN11O5S. The van der Waals surface area contributed by atoms with Crippen molar-refractivity contribution in [1.82, 2.24) is 40.2 Å². The van der Waals surface area contributed by atoms with Gasteiger partial charge in [0.25, 0.3) is 5.91 Å². The number of likely N-dealkylation sites (tertiary alicyclic amines) is 2. The second-order valence-electron chi connectivity index (χ2n) is 17.0. The molecule has 70 heavy (non-hydrogen) atoms. The highest BCUT2D eigenvalue weighted by molar-refractivity contribution is 8.03. The summed E-state index contributed by atoms with van der Waals surface area (Å²) in [7, 11) is 1.90. The molecular weight excluding hydrogens is 933 g/mol. The molecule has 6 heterocycles. The minimum Gasteiger partial charge on any atom is -0.387 e. The molecule has 19 heteroatoms. The Morgan fingerprint density at radius 1 is 0.971 bits per heavy atom. The van der Waals surface area contributed by atoms with E-state index in [1.165, 1.54) is 29.6 Å². The van der Waals surface area contributed by atoms with Crippen molar-refractivity contribution >= 4 is 71.6 Å². The molecule has 4 amide bonds. The third-order valence-corrected chi connectivity index (χ3v) is 14.0. The molecule has 3 N–H and O–H groups in total. The van der Waals surface area contributed by atoms with Crippen LogP contribution in [0.1, 0.15) is 113 Å². The number of aliphatic imine (C=N–C) groups is 1. The Morgan fingerprint density at radius 3 is 2.14 bits per heavy atom. The first-order chi connectivity index (χ1) is 33.7. The molecule has 1 aromatic rings. The lowest BCUT2D eigenvalue weighted by molar-refractivity contribution is -0.150. The number of allylic oxidation sites excluding steroid dienone is 6. The van der Waals surface area contributed by atoms with Crippen LogP contribution in [0.15, 0.2) is 67.7 Å². The number of hydrogen-bond acceptors (Lipinski definition) is 15. The Kier molecular flexibility index (Phi) is 25.5. The van der Waals surface area contributed by atoms with Crippen molar-refractivity contribution in [3.05, 3.63) is 68.5 Å². The van der Waals surface area contributed by atoms with Crippen LogP contribution in [0.3, 0.4) is 0 Å². The SMILES string of the molecule is C=N/C=C(/C=O)SCNc1cc(N2CCC(N3CCN(C4CN(C(/C=C5/C(=O)N(C6CCC(=O)NC6=O)C(=O)C5C)=C(\F)CC)C4)CC3)CC2)nc(C)n1.CC.CC.CC/C=C(Cl)\C(NC)=C(\C)CC. The van der Waals surface area contributed by atoms with E-state index in [4.69, 9.17) is 16.6 Å². The summed E-state index contributed by atoms with van der Waals surface area (Å²) in [4.78, 5) is 85.5. The zero-order valence-electron chi connectivity index (χ0n) is 43.5. The summed E-state index contributed by atoms with van der Waals surface area (Å²) in [6.07, 6.45) is 10.0. The van der Waals surface area contributed by atoms with Gasteiger partial charge in [0.15, 0.2) is 6.29 Å². The number of imide groups is 2. The number of likely N-dealkylation sites (N-methyl/N-ethyl adjacent to an activating group) is 1. The number of aldehydes is 1. The highest BCUT2D eigenvalue weighted by Gasteiger charge is 2.48. The van der Waals surface area contributed by atoms with Gasteiger partial charge in [-0.3, -0.25) is 49.0 Å². The Balaban J connectivity index is 0.000000703. The molecule has 1 aromatic heterocycles. The first kappa shape index (κ1) is 59.4. The summed E-state index contributed by atoms with van der Waals surface area (Å²) in [5, 5.41) is 9.42. The zero-order chi connectivity index (χ0) is 52.1. The maximum absolute atomic E-state index is 15.4. The topological polar surface area (TPSA) is 176 Å². The van der Waals surface area contributed by atoms with Crippen molar-refractivity contribution in [3.63, 3.8) is 0 Å². The Labute approximate surface area is 425 Å². The molecule has 2 unspecified atom stereocenters. The minimum absolute atomic E-state index is 0.0445. The van der Waals surface area contributed by atoms with E-state index in [0.717, 1.165) is 92.7 Å². The monoisotopic (exact) mass is 1010 g/mol. The van der Waals surface area contributed by atoms with Crippen LogP contribution >= 0.6 is 23.4 Å². The van der Waals surface area contributed by atoms with Gasteiger partial charge >= 0.3 is 0 Å². The number of piperidine rings is 2. The largest absolute Gasteiger partial charge is 0.387 e. The van der Waals surface area contributed by atoms with Crippen molar-refractivity contribution in [2.24, 2.45) is 10.9 Å². The summed E-state index contributed by atoms with van der Waals surface area (Å²) < 4.78 is 15.4. The maximum atomic E-state index is 15.4. The summed E-state index contributed by atoms with van der Waals surface area (Å²) >= 11 is 7.39. The van der Waals surface area contributed by atoms with Gasteiger partial charge in [0.05, 0.1) is 33.1 Å². The molecule has 2 atom stereocenters. The van der Waals surface area contributed by atoms with Gasteiger partial charge in [-0.05, 0) is 77.7 Å². The molecule has 0 aromatic carbocycles. The normalized spacial score (nSPS) is 22.1. The van der Waals surface area contributed by atoms with E-state index in [-0.39, 0.29) is 36.7 Å². The fourth-order valence-corrected chi connectivity index (χ4v) is 9.85. The number of halogens is 2. The number of carbonyl (C=O) groups is 5. The predicted molar refractivity (Wildman–Crippen MR) is 283 cm³/mol. The van der Waals surface area contributed by atoms with E-state index >= 15 is 4.39 Å². The van der Waals surface area contributed by atoms with Crippen LogP contribution in [-0.4, -0.2) is 150 Å². The van der Waals surface area contributed by atoms with Gasteiger partial charge in [-0.25, -0.2) is 14.4 Å². The smallest absolute Gasteiger partial charge is 0.258 e. The fourth-order valence-electron chi connectivity index (χ4n) is 8.84. The molecule has 0 saturated carbocycles. The Bertz CT molecular complexity index is 2130. The van der Waals surface area contributed by atoms with E-state index in [1.54, 1.807) is 13.8 Å². The van der Waals surface area contributed by atoms with Gasteiger partial charge in [0.1, 0.15) is 29.3 Å². The fraction of sp³-hybridized carbons (Fsp3) is 0.608. The number of carbonyl (C=O) groups excluding carboxylic acids is 5. The van der Waals surface area contributed by atoms with E-state index in [9.17, 15) is 24.0 Å². The van der Waals surface area contributed by atoms with Gasteiger partial charge in [0.2, 0.25) is 17.7 Å². The van der Waals surface area contributed by atoms with Gasteiger partial charge in [-0.2, -0.15) is 0 Å². The van der Waals surface area contributed by atoms with Crippen LogP contribution in [0.4, 0.5) is 16.0 Å². The third kappa shape index (κ3) is 15.8. The number of piperazine rings is 1. The molecule has 5 aliphatic heterocycles. The molecule has 0 bridgehead atoms. The van der Waals surface area contributed by atoms with Crippen LogP contribution in [0.25, 0.3) is 0 Å². The summed E-state index contributed by atoms with van der Waals surface area (Å²) in [5.74, 6) is -0.642. The summed E-state index contributed by atoms with van der Waals surface area (Å²) in [6, 6.07) is 1.65. The lowest BCUT2D eigenvalue weighted by atomic mass is 9.98. The first-order valence-corrected chi connectivity index (χ1v) is 26.4. The highest BCUT2D eigenvalue weighted by atomic mass is 35.5. The van der Waals surface area contributed by atoms with Gasteiger partial charge in [0, 0.05) is 95.7 Å². The maximum Gasteiger partial charge on any atom is 0.258 e. The van der Waals surface area contributed by atoms with Crippen molar-refractivity contribution in [3.8, 4) is 0 Å². The predicted octanol–water partition coefficient (Wildman–Crippen LogP) is 7.70. The molecule has 6 rings (SSSR count). The molecule has 0 radical (unpaired) electrons. The van der Waals surface area contributed by atoms with Gasteiger partial charge in [-0.15, -0.1) is 0 Å². The number of aromatic nitrogens is 2. The molecule has 0 aliphatic carbocycles. The number of aryl methyl sites for hydroxylation is 1. The first-order valence-electron chi connectivity index (χ1n) is 25.0. The average Bonchev–Trinajstić information content (AvgIpc) is 3.56. The van der Waals surface area contributed by atoms with E-state index < -0.39 is 35.6 Å². The van der Waals surface area contributed by atoms with Crippen molar-refractivity contribution in [1.29, 1.82) is 0 Å².